The van der Waals surface area contributed by atoms with E-state index in [0.29, 0.717) is 23.5 Å². The van der Waals surface area contributed by atoms with Crippen molar-refractivity contribution >= 4 is 11.9 Å². The van der Waals surface area contributed by atoms with Gasteiger partial charge in [-0.1, -0.05) is 25.1 Å². The van der Waals surface area contributed by atoms with Gasteiger partial charge in [-0.25, -0.2) is 9.59 Å². The van der Waals surface area contributed by atoms with Gasteiger partial charge in [-0.15, -0.1) is 0 Å². The fraction of sp³-hybridized carbons (Fsp3) is 0.263. The minimum absolute atomic E-state index is 0.114. The molecule has 0 radical (unpaired) electrons. The Balaban J connectivity index is 1.96. The van der Waals surface area contributed by atoms with Crippen molar-refractivity contribution in [1.29, 1.82) is 0 Å². The number of esters is 2. The molecule has 5 heteroatoms. The van der Waals surface area contributed by atoms with E-state index in [1.165, 1.54) is 0 Å². The number of methoxy groups -OCH3 is 1. The molecule has 0 saturated heterocycles. The van der Waals surface area contributed by atoms with Gasteiger partial charge in [0.15, 0.2) is 0 Å². The van der Waals surface area contributed by atoms with Crippen molar-refractivity contribution in [3.63, 3.8) is 0 Å². The van der Waals surface area contributed by atoms with Crippen LogP contribution in [0.3, 0.4) is 0 Å². The quantitative estimate of drug-likeness (QED) is 0.727. The number of ether oxygens (including phenoxy) is 3. The Labute approximate surface area is 141 Å². The van der Waals surface area contributed by atoms with Crippen LogP contribution < -0.4 is 4.74 Å². The fourth-order valence-corrected chi connectivity index (χ4v) is 2.07. The van der Waals surface area contributed by atoms with Gasteiger partial charge in [0, 0.05) is 5.56 Å². The van der Waals surface area contributed by atoms with Crippen molar-refractivity contribution in [1.82, 2.24) is 0 Å². The number of hydrogen-bond acceptors (Lipinski definition) is 5. The highest BCUT2D eigenvalue weighted by Gasteiger charge is 2.12. The van der Waals surface area contributed by atoms with Gasteiger partial charge in [0.1, 0.15) is 12.4 Å². The maximum absolute atomic E-state index is 12.1. The first-order chi connectivity index (χ1) is 11.7. The van der Waals surface area contributed by atoms with Gasteiger partial charge in [0.05, 0.1) is 24.8 Å². The zero-order valence-electron chi connectivity index (χ0n) is 13.8. The Hall–Kier alpha value is -2.82. The molecule has 5 nitrogen and oxygen atoms in total. The molecule has 0 amide bonds. The monoisotopic (exact) mass is 328 g/mol. The van der Waals surface area contributed by atoms with Crippen LogP contribution in [-0.4, -0.2) is 25.7 Å². The molecule has 126 valence electrons. The zero-order valence-corrected chi connectivity index (χ0v) is 13.8. The molecule has 0 fully saturated rings. The van der Waals surface area contributed by atoms with E-state index in [-0.39, 0.29) is 6.61 Å². The van der Waals surface area contributed by atoms with Crippen LogP contribution in [0.1, 0.15) is 39.6 Å². The number of hydrogen-bond donors (Lipinski definition) is 0. The molecular weight excluding hydrogens is 308 g/mol. The van der Waals surface area contributed by atoms with Crippen molar-refractivity contribution in [2.24, 2.45) is 0 Å². The van der Waals surface area contributed by atoms with Gasteiger partial charge in [-0.05, 0) is 36.8 Å². The summed E-state index contributed by atoms with van der Waals surface area (Å²) in [6, 6.07) is 13.5. The molecular formula is C19H20O5. The summed E-state index contributed by atoms with van der Waals surface area (Å²) in [6.07, 6.45) is 0.763. The summed E-state index contributed by atoms with van der Waals surface area (Å²) < 4.78 is 15.5. The molecule has 0 spiro atoms. The minimum Gasteiger partial charge on any atom is -0.496 e. The maximum atomic E-state index is 12.1. The molecule has 2 rings (SSSR count). The molecule has 0 aliphatic carbocycles. The SMILES string of the molecule is CCCOC(=O)c1ccc(C(=O)OCc2ccccc2OC)cc1. The molecule has 0 atom stereocenters. The lowest BCUT2D eigenvalue weighted by molar-refractivity contribution is 0.0465. The summed E-state index contributed by atoms with van der Waals surface area (Å²) in [5.41, 5.74) is 1.56. The largest absolute Gasteiger partial charge is 0.496 e. The second kappa shape index (κ2) is 8.72. The smallest absolute Gasteiger partial charge is 0.338 e. The van der Waals surface area contributed by atoms with Crippen LogP contribution in [-0.2, 0) is 16.1 Å². The predicted molar refractivity (Wildman–Crippen MR) is 89.1 cm³/mol. The third-order valence-electron chi connectivity index (χ3n) is 3.34. The van der Waals surface area contributed by atoms with E-state index < -0.39 is 11.9 Å². The van der Waals surface area contributed by atoms with E-state index in [1.807, 2.05) is 25.1 Å². The summed E-state index contributed by atoms with van der Waals surface area (Å²) >= 11 is 0. The van der Waals surface area contributed by atoms with Crippen molar-refractivity contribution in [2.45, 2.75) is 20.0 Å². The van der Waals surface area contributed by atoms with Crippen molar-refractivity contribution in [3.05, 3.63) is 65.2 Å². The number of carbonyl (C=O) groups is 2. The van der Waals surface area contributed by atoms with E-state index in [1.54, 1.807) is 37.4 Å². The van der Waals surface area contributed by atoms with E-state index in [4.69, 9.17) is 14.2 Å². The molecule has 0 saturated carbocycles. The van der Waals surface area contributed by atoms with Crippen molar-refractivity contribution in [2.75, 3.05) is 13.7 Å². The maximum Gasteiger partial charge on any atom is 0.338 e. The van der Waals surface area contributed by atoms with Crippen molar-refractivity contribution < 1.29 is 23.8 Å². The van der Waals surface area contributed by atoms with Gasteiger partial charge in [0.2, 0.25) is 0 Å². The van der Waals surface area contributed by atoms with Crippen molar-refractivity contribution in [3.8, 4) is 5.75 Å². The van der Waals surface area contributed by atoms with Gasteiger partial charge in [0.25, 0.3) is 0 Å². The highest BCUT2D eigenvalue weighted by molar-refractivity contribution is 5.93. The second-order valence-electron chi connectivity index (χ2n) is 5.10. The average Bonchev–Trinajstić information content (AvgIpc) is 2.64. The lowest BCUT2D eigenvalue weighted by Crippen LogP contribution is -2.08. The van der Waals surface area contributed by atoms with Gasteiger partial charge in [-0.2, -0.15) is 0 Å². The molecule has 0 N–H and O–H groups in total. The molecule has 0 aliphatic heterocycles. The topological polar surface area (TPSA) is 61.8 Å². The van der Waals surface area contributed by atoms with E-state index in [9.17, 15) is 9.59 Å². The highest BCUT2D eigenvalue weighted by atomic mass is 16.5. The Morgan fingerprint density at radius 2 is 1.46 bits per heavy atom. The summed E-state index contributed by atoms with van der Waals surface area (Å²) in [5, 5.41) is 0. The first-order valence-corrected chi connectivity index (χ1v) is 7.72. The molecule has 0 heterocycles. The predicted octanol–water partition coefficient (Wildman–Crippen LogP) is 3.62. The first kappa shape index (κ1) is 17.5. The summed E-state index contributed by atoms with van der Waals surface area (Å²) in [7, 11) is 1.57. The lowest BCUT2D eigenvalue weighted by Gasteiger charge is -2.09. The van der Waals surface area contributed by atoms with Gasteiger partial charge < -0.3 is 14.2 Å². The lowest BCUT2D eigenvalue weighted by atomic mass is 10.1. The first-order valence-electron chi connectivity index (χ1n) is 7.72. The van der Waals surface area contributed by atoms with Crippen LogP contribution in [0, 0.1) is 0 Å². The number of carbonyl (C=O) groups excluding carboxylic acids is 2. The Kier molecular flexibility index (Phi) is 6.37. The number of para-hydroxylation sites is 1. The van der Waals surface area contributed by atoms with Gasteiger partial charge >= 0.3 is 11.9 Å². The molecule has 0 unspecified atom stereocenters. The van der Waals surface area contributed by atoms with E-state index in [0.717, 1.165) is 12.0 Å². The summed E-state index contributed by atoms with van der Waals surface area (Å²) in [6.45, 7) is 2.42. The Morgan fingerprint density at radius 3 is 2.04 bits per heavy atom. The van der Waals surface area contributed by atoms with Crippen LogP contribution in [0.4, 0.5) is 0 Å². The molecule has 0 aliphatic rings. The van der Waals surface area contributed by atoms with Crippen LogP contribution in [0.15, 0.2) is 48.5 Å². The third kappa shape index (κ3) is 4.59. The van der Waals surface area contributed by atoms with E-state index in [2.05, 4.69) is 0 Å². The summed E-state index contributed by atoms with van der Waals surface area (Å²) in [5.74, 6) is -0.195. The minimum atomic E-state index is -0.464. The molecule has 2 aromatic rings. The fourth-order valence-electron chi connectivity index (χ4n) is 2.07. The second-order valence-corrected chi connectivity index (χ2v) is 5.10. The van der Waals surface area contributed by atoms with Crippen LogP contribution in [0.2, 0.25) is 0 Å². The number of rotatable bonds is 7. The Morgan fingerprint density at radius 1 is 0.875 bits per heavy atom. The standard InChI is InChI=1S/C19H20O5/c1-3-12-23-18(20)14-8-10-15(11-9-14)19(21)24-13-16-6-4-5-7-17(16)22-2/h4-11H,3,12-13H2,1-2H3. The molecule has 0 bridgehead atoms. The van der Waals surface area contributed by atoms with Gasteiger partial charge in [-0.3, -0.25) is 0 Å². The zero-order chi connectivity index (χ0) is 17.4. The Bertz CT molecular complexity index is 691. The molecule has 2 aromatic carbocycles. The summed E-state index contributed by atoms with van der Waals surface area (Å²) in [4.78, 5) is 23.8. The molecule has 24 heavy (non-hydrogen) atoms. The third-order valence-corrected chi connectivity index (χ3v) is 3.34. The van der Waals surface area contributed by atoms with Crippen LogP contribution in [0.25, 0.3) is 0 Å². The normalized spacial score (nSPS) is 10.1. The highest BCUT2D eigenvalue weighted by Crippen LogP contribution is 2.18. The number of benzene rings is 2. The molecule has 0 aromatic heterocycles. The van der Waals surface area contributed by atoms with E-state index >= 15 is 0 Å². The van der Waals surface area contributed by atoms with Crippen LogP contribution >= 0.6 is 0 Å². The average molecular weight is 328 g/mol. The van der Waals surface area contributed by atoms with Crippen LogP contribution in [0.5, 0.6) is 5.75 Å².